The number of esters is 1. The molecule has 158 valence electrons. The standard InChI is InChI=1S/C22H27N5O3/c1-4-30-22(28)18-14-24-21-19(15(2)25-26(21)3)20(18)23-13-16-5-7-17(8-6-16)27-9-11-29-12-10-27/h5-8,14H,4,9-13H2,1-3H3,(H,23,24). The van der Waals surface area contributed by atoms with Crippen LogP contribution in [0.25, 0.3) is 11.0 Å². The largest absolute Gasteiger partial charge is 0.462 e. The molecule has 0 aliphatic carbocycles. The molecule has 0 bridgehead atoms. The normalized spacial score (nSPS) is 14.2. The number of aromatic nitrogens is 3. The van der Waals surface area contributed by atoms with E-state index >= 15 is 0 Å². The molecular formula is C22H27N5O3. The molecule has 1 aromatic carbocycles. The van der Waals surface area contributed by atoms with E-state index in [1.54, 1.807) is 17.8 Å². The van der Waals surface area contributed by atoms with Crippen LogP contribution in [-0.4, -0.2) is 53.6 Å². The average Bonchev–Trinajstić information content (AvgIpc) is 3.07. The Bertz CT molecular complexity index is 1040. The third kappa shape index (κ3) is 3.95. The van der Waals surface area contributed by atoms with Gasteiger partial charge in [0.2, 0.25) is 0 Å². The van der Waals surface area contributed by atoms with Crippen LogP contribution in [0.1, 0.15) is 28.5 Å². The fourth-order valence-electron chi connectivity index (χ4n) is 3.80. The van der Waals surface area contributed by atoms with Gasteiger partial charge in [-0.05, 0) is 31.5 Å². The van der Waals surface area contributed by atoms with Gasteiger partial charge < -0.3 is 19.7 Å². The van der Waals surface area contributed by atoms with Crippen LogP contribution < -0.4 is 10.2 Å². The molecule has 0 saturated carbocycles. The van der Waals surface area contributed by atoms with Gasteiger partial charge in [-0.1, -0.05) is 12.1 Å². The average molecular weight is 409 g/mol. The summed E-state index contributed by atoms with van der Waals surface area (Å²) in [5.74, 6) is -0.389. The number of carbonyl (C=O) groups is 1. The van der Waals surface area contributed by atoms with Crippen LogP contribution >= 0.6 is 0 Å². The second-order valence-corrected chi connectivity index (χ2v) is 7.29. The Hall–Kier alpha value is -3.13. The quantitative estimate of drug-likeness (QED) is 0.627. The van der Waals surface area contributed by atoms with Crippen molar-refractivity contribution in [2.24, 2.45) is 7.05 Å². The van der Waals surface area contributed by atoms with Crippen molar-refractivity contribution in [1.82, 2.24) is 14.8 Å². The maximum atomic E-state index is 12.5. The zero-order chi connectivity index (χ0) is 21.1. The smallest absolute Gasteiger partial charge is 0.341 e. The fraction of sp³-hybridized carbons (Fsp3) is 0.409. The van der Waals surface area contributed by atoms with Crippen LogP contribution in [0.15, 0.2) is 30.5 Å². The van der Waals surface area contributed by atoms with Crippen molar-refractivity contribution < 1.29 is 14.3 Å². The minimum atomic E-state index is -0.389. The molecule has 8 nitrogen and oxygen atoms in total. The molecule has 1 saturated heterocycles. The van der Waals surface area contributed by atoms with Gasteiger partial charge in [0.15, 0.2) is 5.65 Å². The minimum absolute atomic E-state index is 0.311. The van der Waals surface area contributed by atoms with Gasteiger partial charge in [-0.15, -0.1) is 0 Å². The van der Waals surface area contributed by atoms with Gasteiger partial charge >= 0.3 is 5.97 Å². The van der Waals surface area contributed by atoms with Gasteiger partial charge in [0, 0.05) is 38.6 Å². The summed E-state index contributed by atoms with van der Waals surface area (Å²) in [6, 6.07) is 8.48. The predicted octanol–water partition coefficient (Wildman–Crippen LogP) is 2.90. The lowest BCUT2D eigenvalue weighted by Gasteiger charge is -2.29. The second kappa shape index (κ2) is 8.71. The number of fused-ring (bicyclic) bond motifs is 1. The third-order valence-electron chi connectivity index (χ3n) is 5.30. The Morgan fingerprint density at radius 1 is 1.23 bits per heavy atom. The zero-order valence-corrected chi connectivity index (χ0v) is 17.6. The molecule has 1 aliphatic heterocycles. The molecule has 1 N–H and O–H groups in total. The highest BCUT2D eigenvalue weighted by atomic mass is 16.5. The molecule has 0 unspecified atom stereocenters. The molecule has 1 aliphatic rings. The van der Waals surface area contributed by atoms with E-state index in [0.717, 1.165) is 48.6 Å². The summed E-state index contributed by atoms with van der Waals surface area (Å²) in [6.07, 6.45) is 1.56. The summed E-state index contributed by atoms with van der Waals surface area (Å²) < 4.78 is 12.4. The zero-order valence-electron chi connectivity index (χ0n) is 17.6. The van der Waals surface area contributed by atoms with Crippen LogP contribution in [0, 0.1) is 6.92 Å². The van der Waals surface area contributed by atoms with E-state index in [1.807, 2.05) is 14.0 Å². The summed E-state index contributed by atoms with van der Waals surface area (Å²) in [7, 11) is 1.85. The molecular weight excluding hydrogens is 382 g/mol. The van der Waals surface area contributed by atoms with Crippen LogP contribution in [-0.2, 0) is 23.1 Å². The van der Waals surface area contributed by atoms with E-state index in [4.69, 9.17) is 9.47 Å². The number of aryl methyl sites for hydroxylation is 2. The number of benzene rings is 1. The molecule has 0 spiro atoms. The number of nitrogens with zero attached hydrogens (tertiary/aromatic N) is 4. The van der Waals surface area contributed by atoms with Crippen molar-refractivity contribution in [3.63, 3.8) is 0 Å². The Morgan fingerprint density at radius 3 is 2.67 bits per heavy atom. The second-order valence-electron chi connectivity index (χ2n) is 7.29. The van der Waals surface area contributed by atoms with Crippen molar-refractivity contribution in [3.8, 4) is 0 Å². The lowest BCUT2D eigenvalue weighted by Crippen LogP contribution is -2.36. The van der Waals surface area contributed by atoms with E-state index in [2.05, 4.69) is 44.6 Å². The molecule has 1 fully saturated rings. The summed E-state index contributed by atoms with van der Waals surface area (Å²) in [4.78, 5) is 19.3. The highest BCUT2D eigenvalue weighted by Crippen LogP contribution is 2.29. The molecule has 4 rings (SSSR count). The van der Waals surface area contributed by atoms with Gasteiger partial charge in [0.25, 0.3) is 0 Å². The first-order valence-corrected chi connectivity index (χ1v) is 10.2. The number of rotatable bonds is 6. The number of pyridine rings is 1. The third-order valence-corrected chi connectivity index (χ3v) is 5.30. The van der Waals surface area contributed by atoms with E-state index in [-0.39, 0.29) is 5.97 Å². The molecule has 3 aromatic rings. The van der Waals surface area contributed by atoms with Crippen molar-refractivity contribution in [1.29, 1.82) is 0 Å². The van der Waals surface area contributed by atoms with Crippen molar-refractivity contribution >= 4 is 28.4 Å². The molecule has 30 heavy (non-hydrogen) atoms. The Kier molecular flexibility index (Phi) is 5.85. The molecule has 2 aromatic heterocycles. The van der Waals surface area contributed by atoms with Crippen LogP contribution in [0.4, 0.5) is 11.4 Å². The molecule has 0 atom stereocenters. The van der Waals surface area contributed by atoms with E-state index in [0.29, 0.717) is 24.4 Å². The van der Waals surface area contributed by atoms with E-state index in [9.17, 15) is 4.79 Å². The summed E-state index contributed by atoms with van der Waals surface area (Å²) in [5.41, 5.74) is 4.99. The number of morpholine rings is 1. The van der Waals surface area contributed by atoms with E-state index < -0.39 is 0 Å². The van der Waals surface area contributed by atoms with Gasteiger partial charge in [-0.2, -0.15) is 5.10 Å². The number of ether oxygens (including phenoxy) is 2. The topological polar surface area (TPSA) is 81.5 Å². The summed E-state index contributed by atoms with van der Waals surface area (Å²) in [6.45, 7) is 7.95. The first-order valence-electron chi connectivity index (χ1n) is 10.2. The Labute approximate surface area is 175 Å². The van der Waals surface area contributed by atoms with Crippen LogP contribution in [0.3, 0.4) is 0 Å². The maximum Gasteiger partial charge on any atom is 0.341 e. The van der Waals surface area contributed by atoms with Gasteiger partial charge in [0.1, 0.15) is 5.56 Å². The number of carbonyl (C=O) groups excluding carboxylic acids is 1. The SMILES string of the molecule is CCOC(=O)c1cnc2c(c(C)nn2C)c1NCc1ccc(N2CCOCC2)cc1. The maximum absolute atomic E-state index is 12.5. The van der Waals surface area contributed by atoms with Gasteiger partial charge in [0.05, 0.1) is 36.6 Å². The Balaban J connectivity index is 1.59. The predicted molar refractivity (Wildman–Crippen MR) is 116 cm³/mol. The number of hydrogen-bond acceptors (Lipinski definition) is 7. The molecule has 8 heteroatoms. The highest BCUT2D eigenvalue weighted by molar-refractivity contribution is 6.05. The van der Waals surface area contributed by atoms with Crippen LogP contribution in [0.2, 0.25) is 0 Å². The van der Waals surface area contributed by atoms with E-state index in [1.165, 1.54) is 5.69 Å². The fourth-order valence-corrected chi connectivity index (χ4v) is 3.80. The minimum Gasteiger partial charge on any atom is -0.462 e. The summed E-state index contributed by atoms with van der Waals surface area (Å²) in [5, 5.41) is 8.74. The van der Waals surface area contributed by atoms with Gasteiger partial charge in [-0.25, -0.2) is 9.78 Å². The monoisotopic (exact) mass is 409 g/mol. The molecule has 0 amide bonds. The number of hydrogen-bond donors (Lipinski definition) is 1. The number of anilines is 2. The lowest BCUT2D eigenvalue weighted by atomic mass is 10.1. The highest BCUT2D eigenvalue weighted by Gasteiger charge is 2.20. The first kappa shape index (κ1) is 20.2. The van der Waals surface area contributed by atoms with Crippen LogP contribution in [0.5, 0.6) is 0 Å². The molecule has 3 heterocycles. The van der Waals surface area contributed by atoms with Crippen molar-refractivity contribution in [3.05, 3.63) is 47.3 Å². The summed E-state index contributed by atoms with van der Waals surface area (Å²) >= 11 is 0. The van der Waals surface area contributed by atoms with Gasteiger partial charge in [-0.3, -0.25) is 4.68 Å². The van der Waals surface area contributed by atoms with Crippen molar-refractivity contribution in [2.75, 3.05) is 43.1 Å². The lowest BCUT2D eigenvalue weighted by molar-refractivity contribution is 0.0527. The molecule has 0 radical (unpaired) electrons. The Morgan fingerprint density at radius 2 is 1.97 bits per heavy atom. The first-order chi connectivity index (χ1) is 14.6. The number of nitrogens with one attached hydrogen (secondary N) is 1. The van der Waals surface area contributed by atoms with Crippen molar-refractivity contribution in [2.45, 2.75) is 20.4 Å².